The maximum Gasteiger partial charge on any atom is 0.325 e. The van der Waals surface area contributed by atoms with E-state index in [2.05, 4.69) is 10.6 Å². The molecule has 136 valence electrons. The minimum atomic E-state index is -1.20. The topological polar surface area (TPSA) is 87.7 Å². The highest BCUT2D eigenvalue weighted by atomic mass is 16.5. The van der Waals surface area contributed by atoms with Crippen molar-refractivity contribution in [2.45, 2.75) is 45.2 Å². The molecular weight excluding hydrogens is 322 g/mol. The van der Waals surface area contributed by atoms with Crippen LogP contribution in [0.15, 0.2) is 24.3 Å². The molecule has 0 bridgehead atoms. The third-order valence-electron chi connectivity index (χ3n) is 4.37. The average Bonchev–Trinajstić information content (AvgIpc) is 2.79. The number of urea groups is 1. The highest BCUT2D eigenvalue weighted by molar-refractivity contribution is 6.09. The first-order chi connectivity index (χ1) is 11.8. The molecule has 1 saturated heterocycles. The van der Waals surface area contributed by atoms with Gasteiger partial charge in [0.1, 0.15) is 17.8 Å². The smallest absolute Gasteiger partial charge is 0.325 e. The summed E-state index contributed by atoms with van der Waals surface area (Å²) >= 11 is 0. The Morgan fingerprint density at radius 3 is 2.52 bits per heavy atom. The van der Waals surface area contributed by atoms with E-state index in [1.807, 2.05) is 13.8 Å². The molecule has 7 heteroatoms. The van der Waals surface area contributed by atoms with Crippen LogP contribution in [0.2, 0.25) is 0 Å². The Morgan fingerprint density at radius 1 is 1.32 bits per heavy atom. The van der Waals surface area contributed by atoms with Crippen molar-refractivity contribution >= 4 is 17.8 Å². The van der Waals surface area contributed by atoms with Crippen LogP contribution in [0.4, 0.5) is 4.79 Å². The molecular formula is C18H25N3O4. The van der Waals surface area contributed by atoms with Crippen LogP contribution in [0.5, 0.6) is 5.75 Å². The number of nitrogens with zero attached hydrogens (tertiary/aromatic N) is 1. The predicted molar refractivity (Wildman–Crippen MR) is 93.1 cm³/mol. The Morgan fingerprint density at radius 2 is 1.96 bits per heavy atom. The van der Waals surface area contributed by atoms with Gasteiger partial charge >= 0.3 is 6.03 Å². The van der Waals surface area contributed by atoms with E-state index in [9.17, 15) is 14.4 Å². The molecule has 0 unspecified atom stereocenters. The number of benzene rings is 1. The van der Waals surface area contributed by atoms with Crippen LogP contribution in [-0.4, -0.2) is 42.4 Å². The second kappa shape index (κ2) is 7.55. The molecule has 1 heterocycles. The molecule has 1 aliphatic rings. The zero-order valence-corrected chi connectivity index (χ0v) is 15.1. The van der Waals surface area contributed by atoms with Crippen LogP contribution in [0.1, 0.15) is 39.2 Å². The van der Waals surface area contributed by atoms with E-state index in [1.165, 1.54) is 0 Å². The molecule has 2 rings (SSSR count). The molecule has 0 spiro atoms. The van der Waals surface area contributed by atoms with Crippen molar-refractivity contribution in [2.24, 2.45) is 0 Å². The van der Waals surface area contributed by atoms with Gasteiger partial charge in [-0.2, -0.15) is 0 Å². The van der Waals surface area contributed by atoms with E-state index in [1.54, 1.807) is 38.3 Å². The highest BCUT2D eigenvalue weighted by Crippen LogP contribution is 2.29. The number of hydrogen-bond donors (Lipinski definition) is 2. The molecule has 0 aromatic heterocycles. The lowest BCUT2D eigenvalue weighted by Crippen LogP contribution is -2.44. The van der Waals surface area contributed by atoms with Gasteiger partial charge in [-0.05, 0) is 38.0 Å². The van der Waals surface area contributed by atoms with Gasteiger partial charge in [-0.3, -0.25) is 14.5 Å². The fourth-order valence-corrected chi connectivity index (χ4v) is 2.93. The van der Waals surface area contributed by atoms with Crippen molar-refractivity contribution in [2.75, 3.05) is 13.7 Å². The van der Waals surface area contributed by atoms with E-state index in [0.717, 1.165) is 17.7 Å². The van der Waals surface area contributed by atoms with Gasteiger partial charge in [0.05, 0.1) is 7.11 Å². The van der Waals surface area contributed by atoms with Crippen molar-refractivity contribution in [3.8, 4) is 5.75 Å². The first-order valence-electron chi connectivity index (χ1n) is 8.39. The molecule has 2 N–H and O–H groups in total. The quantitative estimate of drug-likeness (QED) is 0.736. The number of carbonyl (C=O) groups is 3. The highest BCUT2D eigenvalue weighted by Gasteiger charge is 2.49. The molecule has 4 amide bonds. The summed E-state index contributed by atoms with van der Waals surface area (Å²) in [6.45, 7) is 5.27. The summed E-state index contributed by atoms with van der Waals surface area (Å²) in [4.78, 5) is 38.1. The fourth-order valence-electron chi connectivity index (χ4n) is 2.93. The van der Waals surface area contributed by atoms with E-state index in [-0.39, 0.29) is 18.5 Å². The third-order valence-corrected chi connectivity index (χ3v) is 4.37. The lowest BCUT2D eigenvalue weighted by Gasteiger charge is -2.22. The molecule has 0 aliphatic carbocycles. The summed E-state index contributed by atoms with van der Waals surface area (Å²) < 4.78 is 5.11. The number of hydrogen-bond acceptors (Lipinski definition) is 4. The number of amides is 4. The molecule has 0 saturated carbocycles. The molecule has 2 atom stereocenters. The van der Waals surface area contributed by atoms with Crippen molar-refractivity contribution in [3.63, 3.8) is 0 Å². The van der Waals surface area contributed by atoms with Crippen molar-refractivity contribution in [1.29, 1.82) is 0 Å². The van der Waals surface area contributed by atoms with Crippen LogP contribution >= 0.6 is 0 Å². The second-order valence-electron chi connectivity index (χ2n) is 6.43. The lowest BCUT2D eigenvalue weighted by atomic mass is 9.92. The number of ether oxygens (including phenoxy) is 1. The fraction of sp³-hybridized carbons (Fsp3) is 0.500. The monoisotopic (exact) mass is 347 g/mol. The number of nitrogens with one attached hydrogen (secondary N) is 2. The first kappa shape index (κ1) is 18.8. The normalized spacial score (nSPS) is 21.0. The van der Waals surface area contributed by atoms with Crippen LogP contribution in [0, 0.1) is 0 Å². The van der Waals surface area contributed by atoms with Gasteiger partial charge in [-0.25, -0.2) is 4.79 Å². The maximum atomic E-state index is 12.8. The first-order valence-corrected chi connectivity index (χ1v) is 8.39. The Labute approximate surface area is 147 Å². The molecule has 0 radical (unpaired) electrons. The largest absolute Gasteiger partial charge is 0.497 e. The minimum absolute atomic E-state index is 0.00578. The zero-order chi connectivity index (χ0) is 18.6. The predicted octanol–water partition coefficient (Wildman–Crippen LogP) is 1.77. The Hall–Kier alpha value is -2.57. The molecule has 1 fully saturated rings. The lowest BCUT2D eigenvalue weighted by molar-refractivity contribution is -0.135. The van der Waals surface area contributed by atoms with Crippen LogP contribution in [-0.2, 0) is 15.1 Å². The van der Waals surface area contributed by atoms with Crippen molar-refractivity contribution in [3.05, 3.63) is 29.8 Å². The molecule has 1 aromatic rings. The SMILES string of the molecule is CCC[C@@H](C)NC(=O)CN1C(=O)N[C@@](C)(c2ccc(OC)cc2)C1=O. The standard InChI is InChI=1S/C18H25N3O4/c1-5-6-12(2)19-15(22)11-21-16(23)18(3,20-17(21)24)13-7-9-14(25-4)10-8-13/h7-10,12H,5-6,11H2,1-4H3,(H,19,22)(H,20,24)/t12-,18+/m1/s1. The minimum Gasteiger partial charge on any atom is -0.497 e. The Kier molecular flexibility index (Phi) is 5.66. The van der Waals surface area contributed by atoms with Gasteiger partial charge in [0.25, 0.3) is 5.91 Å². The van der Waals surface area contributed by atoms with Crippen LogP contribution in [0.3, 0.4) is 0 Å². The maximum absolute atomic E-state index is 12.8. The van der Waals surface area contributed by atoms with Crippen LogP contribution in [0.25, 0.3) is 0 Å². The molecule has 1 aromatic carbocycles. The summed E-state index contributed by atoms with van der Waals surface area (Å²) in [6.07, 6.45) is 1.79. The van der Waals surface area contributed by atoms with Gasteiger partial charge in [-0.1, -0.05) is 25.5 Å². The molecule has 7 nitrogen and oxygen atoms in total. The van der Waals surface area contributed by atoms with E-state index < -0.39 is 17.5 Å². The molecule has 25 heavy (non-hydrogen) atoms. The summed E-state index contributed by atoms with van der Waals surface area (Å²) in [7, 11) is 1.55. The second-order valence-corrected chi connectivity index (χ2v) is 6.43. The number of carbonyl (C=O) groups excluding carboxylic acids is 3. The Balaban J connectivity index is 2.11. The third kappa shape index (κ3) is 3.92. The van der Waals surface area contributed by atoms with Crippen LogP contribution < -0.4 is 15.4 Å². The van der Waals surface area contributed by atoms with Crippen molar-refractivity contribution < 1.29 is 19.1 Å². The van der Waals surface area contributed by atoms with Gasteiger partial charge in [0.15, 0.2) is 0 Å². The van der Waals surface area contributed by atoms with Crippen molar-refractivity contribution in [1.82, 2.24) is 15.5 Å². The van der Waals surface area contributed by atoms with Gasteiger partial charge in [-0.15, -0.1) is 0 Å². The van der Waals surface area contributed by atoms with Gasteiger partial charge in [0.2, 0.25) is 5.91 Å². The Bertz CT molecular complexity index is 659. The summed E-state index contributed by atoms with van der Waals surface area (Å²) in [5.74, 6) is -0.130. The number of rotatable bonds is 7. The zero-order valence-electron chi connectivity index (χ0n) is 15.1. The number of methoxy groups -OCH3 is 1. The van der Waals surface area contributed by atoms with E-state index in [4.69, 9.17) is 4.74 Å². The van der Waals surface area contributed by atoms with Gasteiger partial charge < -0.3 is 15.4 Å². The van der Waals surface area contributed by atoms with E-state index in [0.29, 0.717) is 11.3 Å². The summed E-state index contributed by atoms with van der Waals surface area (Å²) in [5.41, 5.74) is -0.563. The van der Waals surface area contributed by atoms with E-state index >= 15 is 0 Å². The number of imide groups is 1. The summed E-state index contributed by atoms with van der Waals surface area (Å²) in [5, 5.41) is 5.49. The molecule has 1 aliphatic heterocycles. The summed E-state index contributed by atoms with van der Waals surface area (Å²) in [6, 6.07) is 6.34. The van der Waals surface area contributed by atoms with Gasteiger partial charge in [0, 0.05) is 6.04 Å². The average molecular weight is 347 g/mol.